The fourth-order valence-electron chi connectivity index (χ4n) is 2.88. The number of rotatable bonds is 9. The third-order valence-corrected chi connectivity index (χ3v) is 4.76. The van der Waals surface area contributed by atoms with Gasteiger partial charge in [-0.05, 0) is 52.1 Å². The molecule has 1 saturated carbocycles. The van der Waals surface area contributed by atoms with Gasteiger partial charge < -0.3 is 15.3 Å². The van der Waals surface area contributed by atoms with Gasteiger partial charge in [0.15, 0.2) is 0 Å². The van der Waals surface area contributed by atoms with Gasteiger partial charge in [0.05, 0.1) is 0 Å². The molecule has 0 aliphatic heterocycles. The van der Waals surface area contributed by atoms with Crippen molar-refractivity contribution in [2.24, 2.45) is 5.92 Å². The molecule has 1 unspecified atom stereocenters. The molecular formula is C16H32N2O2. The molecule has 0 amide bonds. The average Bonchev–Trinajstić information content (AvgIpc) is 2.91. The number of nitrogens with zero attached hydrogens (tertiary/aromatic N) is 1. The highest BCUT2D eigenvalue weighted by Crippen LogP contribution is 2.25. The van der Waals surface area contributed by atoms with Gasteiger partial charge in [0, 0.05) is 12.6 Å². The van der Waals surface area contributed by atoms with Crippen molar-refractivity contribution < 1.29 is 9.90 Å². The van der Waals surface area contributed by atoms with E-state index >= 15 is 0 Å². The average molecular weight is 284 g/mol. The predicted octanol–water partition coefficient (Wildman–Crippen LogP) is 2.73. The number of likely N-dealkylation sites (N-methyl/N-ethyl adjacent to an activating group) is 1. The van der Waals surface area contributed by atoms with Gasteiger partial charge in [0.1, 0.15) is 5.54 Å². The van der Waals surface area contributed by atoms with Crippen LogP contribution in [-0.2, 0) is 4.79 Å². The van der Waals surface area contributed by atoms with E-state index in [1.165, 1.54) is 32.1 Å². The molecule has 1 atom stereocenters. The molecule has 1 fully saturated rings. The molecule has 118 valence electrons. The Hall–Kier alpha value is -0.610. The van der Waals surface area contributed by atoms with Crippen molar-refractivity contribution in [1.82, 2.24) is 10.2 Å². The maximum atomic E-state index is 11.4. The first-order valence-electron chi connectivity index (χ1n) is 8.05. The van der Waals surface area contributed by atoms with E-state index in [1.807, 2.05) is 0 Å². The summed E-state index contributed by atoms with van der Waals surface area (Å²) in [4.78, 5) is 13.9. The third kappa shape index (κ3) is 5.06. The highest BCUT2D eigenvalue weighted by Gasteiger charge is 2.32. The second-order valence-electron chi connectivity index (χ2n) is 6.79. The lowest BCUT2D eigenvalue weighted by molar-refractivity contribution is -0.144. The Morgan fingerprint density at radius 1 is 1.35 bits per heavy atom. The Kier molecular flexibility index (Phi) is 6.96. The Morgan fingerprint density at radius 2 is 1.95 bits per heavy atom. The van der Waals surface area contributed by atoms with Crippen LogP contribution in [0.1, 0.15) is 59.3 Å². The molecule has 0 bridgehead atoms. The lowest BCUT2D eigenvalue weighted by Crippen LogP contribution is -2.50. The maximum Gasteiger partial charge on any atom is 0.323 e. The van der Waals surface area contributed by atoms with Crippen molar-refractivity contribution in [2.45, 2.75) is 70.9 Å². The van der Waals surface area contributed by atoms with Gasteiger partial charge in [-0.1, -0.05) is 26.7 Å². The van der Waals surface area contributed by atoms with Crippen molar-refractivity contribution in [3.05, 3.63) is 0 Å². The zero-order valence-electron chi connectivity index (χ0n) is 13.6. The van der Waals surface area contributed by atoms with Crippen molar-refractivity contribution in [3.63, 3.8) is 0 Å². The Balaban J connectivity index is 2.57. The summed E-state index contributed by atoms with van der Waals surface area (Å²) in [7, 11) is 1.74. The molecule has 1 aliphatic rings. The standard InChI is InChI=1S/C16H32N2O2/c1-13(2)9-11-18(14-7-5-6-8-14)12-10-16(3,17-4)15(19)20/h13-14,17H,5-12H2,1-4H3,(H,19,20). The minimum atomic E-state index is -0.811. The van der Waals surface area contributed by atoms with Crippen molar-refractivity contribution in [2.75, 3.05) is 20.1 Å². The molecule has 1 rings (SSSR count). The van der Waals surface area contributed by atoms with Crippen LogP contribution in [0.2, 0.25) is 0 Å². The third-order valence-electron chi connectivity index (χ3n) is 4.76. The highest BCUT2D eigenvalue weighted by atomic mass is 16.4. The summed E-state index contributed by atoms with van der Waals surface area (Å²) in [6, 6.07) is 0.670. The van der Waals surface area contributed by atoms with E-state index in [-0.39, 0.29) is 0 Å². The van der Waals surface area contributed by atoms with E-state index in [4.69, 9.17) is 0 Å². The van der Waals surface area contributed by atoms with E-state index < -0.39 is 11.5 Å². The molecule has 0 radical (unpaired) electrons. The minimum Gasteiger partial charge on any atom is -0.480 e. The zero-order chi connectivity index (χ0) is 15.2. The number of nitrogens with one attached hydrogen (secondary N) is 1. The van der Waals surface area contributed by atoms with Crippen LogP contribution >= 0.6 is 0 Å². The molecular weight excluding hydrogens is 252 g/mol. The van der Waals surface area contributed by atoms with Gasteiger partial charge in [-0.2, -0.15) is 0 Å². The van der Waals surface area contributed by atoms with E-state index in [2.05, 4.69) is 24.1 Å². The summed E-state index contributed by atoms with van der Waals surface area (Å²) in [5.41, 5.74) is -0.811. The Labute approximate surface area is 123 Å². The lowest BCUT2D eigenvalue weighted by Gasteiger charge is -2.33. The molecule has 0 aromatic carbocycles. The van der Waals surface area contributed by atoms with Gasteiger partial charge in [-0.25, -0.2) is 0 Å². The summed E-state index contributed by atoms with van der Waals surface area (Å²) in [6.45, 7) is 8.26. The normalized spacial score (nSPS) is 19.7. The minimum absolute atomic E-state index is 0.660. The quantitative estimate of drug-likeness (QED) is 0.683. The van der Waals surface area contributed by atoms with E-state index in [1.54, 1.807) is 14.0 Å². The van der Waals surface area contributed by atoms with Gasteiger partial charge in [0.25, 0.3) is 0 Å². The Morgan fingerprint density at radius 3 is 2.40 bits per heavy atom. The lowest BCUT2D eigenvalue weighted by atomic mass is 9.97. The van der Waals surface area contributed by atoms with Crippen LogP contribution in [0.15, 0.2) is 0 Å². The van der Waals surface area contributed by atoms with Crippen LogP contribution in [-0.4, -0.2) is 47.7 Å². The van der Waals surface area contributed by atoms with Crippen molar-refractivity contribution in [1.29, 1.82) is 0 Å². The molecule has 20 heavy (non-hydrogen) atoms. The first-order valence-corrected chi connectivity index (χ1v) is 8.05. The van der Waals surface area contributed by atoms with Crippen LogP contribution in [0.5, 0.6) is 0 Å². The van der Waals surface area contributed by atoms with Crippen LogP contribution < -0.4 is 5.32 Å². The first-order chi connectivity index (χ1) is 9.39. The van der Waals surface area contributed by atoms with E-state index in [0.29, 0.717) is 18.4 Å². The second kappa shape index (κ2) is 7.99. The summed E-state index contributed by atoms with van der Waals surface area (Å²) >= 11 is 0. The van der Waals surface area contributed by atoms with Crippen molar-refractivity contribution in [3.8, 4) is 0 Å². The topological polar surface area (TPSA) is 52.6 Å². The molecule has 0 saturated heterocycles. The summed E-state index contributed by atoms with van der Waals surface area (Å²) in [6.07, 6.45) is 7.06. The number of hydrogen-bond donors (Lipinski definition) is 2. The number of hydrogen-bond acceptors (Lipinski definition) is 3. The monoisotopic (exact) mass is 284 g/mol. The molecule has 4 heteroatoms. The fourth-order valence-corrected chi connectivity index (χ4v) is 2.88. The van der Waals surface area contributed by atoms with Crippen LogP contribution in [0.25, 0.3) is 0 Å². The summed E-state index contributed by atoms with van der Waals surface area (Å²) in [5, 5.41) is 12.3. The van der Waals surface area contributed by atoms with E-state index in [0.717, 1.165) is 13.1 Å². The summed E-state index contributed by atoms with van der Waals surface area (Å²) in [5.74, 6) is -0.0516. The van der Waals surface area contributed by atoms with Gasteiger partial charge in [0.2, 0.25) is 0 Å². The number of aliphatic carboxylic acids is 1. The molecule has 0 aromatic rings. The molecule has 0 spiro atoms. The Bertz CT molecular complexity index is 301. The number of carboxylic acids is 1. The van der Waals surface area contributed by atoms with Crippen LogP contribution in [0, 0.1) is 5.92 Å². The number of carboxylic acid groups (broad SMARTS) is 1. The molecule has 0 aromatic heterocycles. The molecule has 1 aliphatic carbocycles. The van der Waals surface area contributed by atoms with Crippen LogP contribution in [0.4, 0.5) is 0 Å². The molecule has 4 nitrogen and oxygen atoms in total. The van der Waals surface area contributed by atoms with Crippen molar-refractivity contribution >= 4 is 5.97 Å². The highest BCUT2D eigenvalue weighted by molar-refractivity contribution is 5.78. The van der Waals surface area contributed by atoms with Gasteiger partial charge >= 0.3 is 5.97 Å². The van der Waals surface area contributed by atoms with Crippen LogP contribution in [0.3, 0.4) is 0 Å². The fraction of sp³-hybridized carbons (Fsp3) is 0.938. The molecule has 0 heterocycles. The van der Waals surface area contributed by atoms with E-state index in [9.17, 15) is 9.90 Å². The first kappa shape index (κ1) is 17.4. The number of carbonyl (C=O) groups is 1. The summed E-state index contributed by atoms with van der Waals surface area (Å²) < 4.78 is 0. The zero-order valence-corrected chi connectivity index (χ0v) is 13.6. The van der Waals surface area contributed by atoms with Gasteiger partial charge in [-0.3, -0.25) is 4.79 Å². The predicted molar refractivity (Wildman–Crippen MR) is 83.0 cm³/mol. The molecule has 2 N–H and O–H groups in total. The largest absolute Gasteiger partial charge is 0.480 e. The maximum absolute atomic E-state index is 11.4. The SMILES string of the molecule is CNC(C)(CCN(CCC(C)C)C1CCCC1)C(=O)O. The van der Waals surface area contributed by atoms with Gasteiger partial charge in [-0.15, -0.1) is 0 Å². The smallest absolute Gasteiger partial charge is 0.323 e. The second-order valence-corrected chi connectivity index (χ2v) is 6.79.